The van der Waals surface area contributed by atoms with Gasteiger partial charge in [-0.3, -0.25) is 9.69 Å². The molecule has 1 aromatic rings. The molecule has 0 aliphatic carbocycles. The molecule has 21 heavy (non-hydrogen) atoms. The number of cyclic esters (lactones) is 1. The summed E-state index contributed by atoms with van der Waals surface area (Å²) in [6.45, 7) is 6.30. The van der Waals surface area contributed by atoms with E-state index < -0.39 is 0 Å². The predicted octanol–water partition coefficient (Wildman–Crippen LogP) is 2.19. The van der Waals surface area contributed by atoms with Crippen molar-refractivity contribution in [3.05, 3.63) is 35.4 Å². The largest absolute Gasteiger partial charge is 0.449 e. The van der Waals surface area contributed by atoms with E-state index in [0.717, 1.165) is 12.0 Å². The number of hydrogen-bond donors (Lipinski definition) is 0. The Kier molecular flexibility index (Phi) is 5.20. The maximum atomic E-state index is 12.4. The van der Waals surface area contributed by atoms with Gasteiger partial charge in [-0.2, -0.15) is 0 Å². The van der Waals surface area contributed by atoms with Gasteiger partial charge in [0.1, 0.15) is 6.54 Å². The monoisotopic (exact) mass is 290 g/mol. The maximum absolute atomic E-state index is 12.4. The maximum Gasteiger partial charge on any atom is 0.410 e. The van der Waals surface area contributed by atoms with E-state index in [9.17, 15) is 9.59 Å². The van der Waals surface area contributed by atoms with E-state index in [1.165, 1.54) is 10.5 Å². The summed E-state index contributed by atoms with van der Waals surface area (Å²) < 4.78 is 4.95. The lowest BCUT2D eigenvalue weighted by Gasteiger charge is -2.29. The Bertz CT molecular complexity index is 516. The number of ether oxygens (including phenoxy) is 1. The van der Waals surface area contributed by atoms with Gasteiger partial charge >= 0.3 is 6.09 Å². The Labute approximate surface area is 125 Å². The topological polar surface area (TPSA) is 49.9 Å². The summed E-state index contributed by atoms with van der Waals surface area (Å²) in [5.74, 6) is -0.0437. The lowest BCUT2D eigenvalue weighted by atomic mass is 10.1. The van der Waals surface area contributed by atoms with Gasteiger partial charge in [-0.15, -0.1) is 0 Å². The molecule has 1 fully saturated rings. The van der Waals surface area contributed by atoms with Crippen molar-refractivity contribution in [2.24, 2.45) is 0 Å². The van der Waals surface area contributed by atoms with Crippen molar-refractivity contribution in [3.63, 3.8) is 0 Å². The van der Waals surface area contributed by atoms with Gasteiger partial charge in [0, 0.05) is 19.6 Å². The minimum absolute atomic E-state index is 0.0437. The average Bonchev–Trinajstić information content (AvgIpc) is 2.47. The van der Waals surface area contributed by atoms with Crippen molar-refractivity contribution in [1.29, 1.82) is 0 Å². The SMILES string of the molecule is CCN(Cc1cccc(C)c1)C(=O)CN1CCCOC1=O. The Morgan fingerprint density at radius 3 is 2.90 bits per heavy atom. The first-order valence-corrected chi connectivity index (χ1v) is 7.35. The number of rotatable bonds is 5. The molecule has 1 aliphatic rings. The molecule has 1 aliphatic heterocycles. The van der Waals surface area contributed by atoms with Crippen molar-refractivity contribution in [3.8, 4) is 0 Å². The standard InChI is InChI=1S/C16H22N2O3/c1-3-17(11-14-7-4-6-13(2)10-14)15(19)12-18-8-5-9-21-16(18)20/h4,6-7,10H,3,5,8-9,11-12H2,1-2H3. The third-order valence-electron chi connectivity index (χ3n) is 3.57. The number of aryl methyl sites for hydroxylation is 1. The highest BCUT2D eigenvalue weighted by atomic mass is 16.6. The van der Waals surface area contributed by atoms with Crippen LogP contribution in [0.1, 0.15) is 24.5 Å². The molecule has 1 saturated heterocycles. The molecule has 0 saturated carbocycles. The minimum atomic E-state index is -0.388. The summed E-state index contributed by atoms with van der Waals surface area (Å²) in [7, 11) is 0. The fourth-order valence-corrected chi connectivity index (χ4v) is 2.41. The Hall–Kier alpha value is -2.04. The molecule has 0 N–H and O–H groups in total. The first kappa shape index (κ1) is 15.4. The molecule has 5 nitrogen and oxygen atoms in total. The molecule has 0 aromatic heterocycles. The highest BCUT2D eigenvalue weighted by Crippen LogP contribution is 2.10. The predicted molar refractivity (Wildman–Crippen MR) is 79.8 cm³/mol. The highest BCUT2D eigenvalue weighted by molar-refractivity contribution is 5.82. The van der Waals surface area contributed by atoms with E-state index in [0.29, 0.717) is 26.2 Å². The van der Waals surface area contributed by atoms with E-state index in [-0.39, 0.29) is 18.5 Å². The van der Waals surface area contributed by atoms with E-state index in [4.69, 9.17) is 4.74 Å². The van der Waals surface area contributed by atoms with Crippen LogP contribution < -0.4 is 0 Å². The normalized spacial score (nSPS) is 14.8. The number of hydrogen-bond acceptors (Lipinski definition) is 3. The van der Waals surface area contributed by atoms with Crippen molar-refractivity contribution in [1.82, 2.24) is 9.80 Å². The van der Waals surface area contributed by atoms with Crippen LogP contribution in [0.3, 0.4) is 0 Å². The number of carbonyl (C=O) groups is 2. The molecule has 0 spiro atoms. The van der Waals surface area contributed by atoms with Gasteiger partial charge < -0.3 is 9.64 Å². The van der Waals surface area contributed by atoms with Gasteiger partial charge in [0.05, 0.1) is 6.61 Å². The summed E-state index contributed by atoms with van der Waals surface area (Å²) in [5, 5.41) is 0. The second-order valence-corrected chi connectivity index (χ2v) is 5.29. The van der Waals surface area contributed by atoms with Gasteiger partial charge in [-0.1, -0.05) is 29.8 Å². The second kappa shape index (κ2) is 7.11. The van der Waals surface area contributed by atoms with Crippen LogP contribution in [0.2, 0.25) is 0 Å². The quantitative estimate of drug-likeness (QED) is 0.835. The van der Waals surface area contributed by atoms with E-state index >= 15 is 0 Å². The van der Waals surface area contributed by atoms with Crippen LogP contribution in [0, 0.1) is 6.92 Å². The van der Waals surface area contributed by atoms with Gasteiger partial charge in [0.2, 0.25) is 5.91 Å². The van der Waals surface area contributed by atoms with Gasteiger partial charge in [0.25, 0.3) is 0 Å². The van der Waals surface area contributed by atoms with Crippen LogP contribution >= 0.6 is 0 Å². The second-order valence-electron chi connectivity index (χ2n) is 5.29. The molecule has 1 heterocycles. The molecule has 0 radical (unpaired) electrons. The van der Waals surface area contributed by atoms with E-state index in [2.05, 4.69) is 6.07 Å². The zero-order valence-electron chi connectivity index (χ0n) is 12.7. The van der Waals surface area contributed by atoms with Crippen molar-refractivity contribution >= 4 is 12.0 Å². The molecule has 0 atom stereocenters. The number of carbonyl (C=O) groups excluding carboxylic acids is 2. The fourth-order valence-electron chi connectivity index (χ4n) is 2.41. The Morgan fingerprint density at radius 1 is 1.43 bits per heavy atom. The van der Waals surface area contributed by atoms with Crippen LogP contribution in [-0.4, -0.2) is 48.0 Å². The third-order valence-corrected chi connectivity index (χ3v) is 3.57. The van der Waals surface area contributed by atoms with Gasteiger partial charge in [0.15, 0.2) is 0 Å². The molecule has 114 valence electrons. The van der Waals surface area contributed by atoms with Crippen LogP contribution in [-0.2, 0) is 16.1 Å². The lowest BCUT2D eigenvalue weighted by Crippen LogP contribution is -2.45. The molecule has 2 amide bonds. The van der Waals surface area contributed by atoms with Crippen molar-refractivity contribution in [2.45, 2.75) is 26.8 Å². The number of likely N-dealkylation sites (N-methyl/N-ethyl adjacent to an activating group) is 1. The first-order chi connectivity index (χ1) is 10.1. The summed E-state index contributed by atoms with van der Waals surface area (Å²) >= 11 is 0. The van der Waals surface area contributed by atoms with Crippen LogP contribution in [0.25, 0.3) is 0 Å². The minimum Gasteiger partial charge on any atom is -0.449 e. The Morgan fingerprint density at radius 2 is 2.24 bits per heavy atom. The molecule has 0 unspecified atom stereocenters. The van der Waals surface area contributed by atoms with Gasteiger partial charge in [-0.25, -0.2) is 4.79 Å². The molecular weight excluding hydrogens is 268 g/mol. The fraction of sp³-hybridized carbons (Fsp3) is 0.500. The molecule has 0 bridgehead atoms. The van der Waals surface area contributed by atoms with Crippen molar-refractivity contribution in [2.75, 3.05) is 26.2 Å². The Balaban J connectivity index is 1.96. The molecular formula is C16H22N2O3. The summed E-state index contributed by atoms with van der Waals surface area (Å²) in [6, 6.07) is 8.11. The number of amides is 2. The van der Waals surface area contributed by atoms with E-state index in [1.54, 1.807) is 4.90 Å². The van der Waals surface area contributed by atoms with Crippen LogP contribution in [0.4, 0.5) is 4.79 Å². The average molecular weight is 290 g/mol. The summed E-state index contributed by atoms with van der Waals surface area (Å²) in [5.41, 5.74) is 2.28. The third kappa shape index (κ3) is 4.21. The lowest BCUT2D eigenvalue weighted by molar-refractivity contribution is -0.132. The number of nitrogens with zero attached hydrogens (tertiary/aromatic N) is 2. The van der Waals surface area contributed by atoms with Gasteiger partial charge in [-0.05, 0) is 25.8 Å². The molecule has 2 rings (SSSR count). The van der Waals surface area contributed by atoms with E-state index in [1.807, 2.05) is 32.0 Å². The van der Waals surface area contributed by atoms with Crippen LogP contribution in [0.15, 0.2) is 24.3 Å². The smallest absolute Gasteiger partial charge is 0.410 e. The summed E-state index contributed by atoms with van der Waals surface area (Å²) in [4.78, 5) is 27.2. The molecule has 1 aromatic carbocycles. The van der Waals surface area contributed by atoms with Crippen LogP contribution in [0.5, 0.6) is 0 Å². The molecule has 5 heteroatoms. The van der Waals surface area contributed by atoms with Crippen molar-refractivity contribution < 1.29 is 14.3 Å². The first-order valence-electron chi connectivity index (χ1n) is 7.35. The zero-order valence-corrected chi connectivity index (χ0v) is 12.7. The summed E-state index contributed by atoms with van der Waals surface area (Å²) in [6.07, 6.45) is 0.393. The highest BCUT2D eigenvalue weighted by Gasteiger charge is 2.24. The number of benzene rings is 1. The zero-order chi connectivity index (χ0) is 15.2.